The number of carbonyl (C=O) groups is 1. The van der Waals surface area contributed by atoms with Crippen molar-refractivity contribution in [2.75, 3.05) is 11.9 Å². The highest BCUT2D eigenvalue weighted by Gasteiger charge is 2.23. The standard InChI is InChI=1S/C22H24FN3O4S/c1-3-29-22(28)19-12(2)18-20(24-11-25-21(18)31-19)26-16-9-4-13(23)10-17(16)30-15-7-5-14(27)6-8-15/h4,9-11,14-15,27H,3,5-8H2,1-2H3,(H,24,25,26)/t14-,15-. The van der Waals surface area contributed by atoms with Crippen molar-refractivity contribution in [1.82, 2.24) is 9.97 Å². The first kappa shape index (κ1) is 21.5. The van der Waals surface area contributed by atoms with E-state index in [1.807, 2.05) is 6.92 Å². The third-order valence-electron chi connectivity index (χ3n) is 5.32. The molecule has 1 saturated carbocycles. The zero-order valence-corrected chi connectivity index (χ0v) is 18.2. The summed E-state index contributed by atoms with van der Waals surface area (Å²) in [6.07, 6.45) is 3.79. The number of anilines is 2. The summed E-state index contributed by atoms with van der Waals surface area (Å²) in [6.45, 7) is 3.88. The number of aromatic nitrogens is 2. The van der Waals surface area contributed by atoms with E-state index in [0.29, 0.717) is 58.0 Å². The number of carbonyl (C=O) groups excluding carboxylic acids is 1. The van der Waals surface area contributed by atoms with Gasteiger partial charge in [-0.1, -0.05) is 0 Å². The van der Waals surface area contributed by atoms with E-state index in [4.69, 9.17) is 9.47 Å². The Balaban J connectivity index is 1.65. The van der Waals surface area contributed by atoms with Gasteiger partial charge in [-0.3, -0.25) is 0 Å². The zero-order valence-electron chi connectivity index (χ0n) is 17.4. The molecule has 0 aliphatic heterocycles. The lowest BCUT2D eigenvalue weighted by Gasteiger charge is -2.27. The summed E-state index contributed by atoms with van der Waals surface area (Å²) < 4.78 is 25.2. The number of hydrogen-bond donors (Lipinski definition) is 2. The molecule has 164 valence electrons. The van der Waals surface area contributed by atoms with Gasteiger partial charge < -0.3 is 19.9 Å². The first-order chi connectivity index (χ1) is 15.0. The first-order valence-electron chi connectivity index (χ1n) is 10.3. The number of aliphatic hydroxyl groups excluding tert-OH is 1. The Morgan fingerprint density at radius 1 is 1.29 bits per heavy atom. The van der Waals surface area contributed by atoms with Crippen LogP contribution in [0.25, 0.3) is 10.2 Å². The van der Waals surface area contributed by atoms with E-state index >= 15 is 0 Å². The molecule has 0 unspecified atom stereocenters. The van der Waals surface area contributed by atoms with Crippen molar-refractivity contribution in [2.24, 2.45) is 0 Å². The smallest absolute Gasteiger partial charge is 0.348 e. The van der Waals surface area contributed by atoms with Crippen LogP contribution in [0.3, 0.4) is 0 Å². The van der Waals surface area contributed by atoms with Gasteiger partial charge in [-0.2, -0.15) is 0 Å². The van der Waals surface area contributed by atoms with Crippen LogP contribution in [0.4, 0.5) is 15.9 Å². The van der Waals surface area contributed by atoms with E-state index in [2.05, 4.69) is 15.3 Å². The molecule has 0 amide bonds. The number of halogens is 1. The monoisotopic (exact) mass is 445 g/mol. The number of hydrogen-bond acceptors (Lipinski definition) is 8. The van der Waals surface area contributed by atoms with Crippen molar-refractivity contribution < 1.29 is 23.8 Å². The topological polar surface area (TPSA) is 93.6 Å². The maximum absolute atomic E-state index is 14.0. The van der Waals surface area contributed by atoms with E-state index in [9.17, 15) is 14.3 Å². The third kappa shape index (κ3) is 4.62. The van der Waals surface area contributed by atoms with Gasteiger partial charge in [0.05, 0.1) is 29.9 Å². The molecule has 1 fully saturated rings. The number of aryl methyl sites for hydroxylation is 1. The fourth-order valence-corrected chi connectivity index (χ4v) is 4.77. The van der Waals surface area contributed by atoms with E-state index in [-0.39, 0.29) is 24.8 Å². The fourth-order valence-electron chi connectivity index (χ4n) is 3.72. The van der Waals surface area contributed by atoms with Crippen LogP contribution in [-0.2, 0) is 4.74 Å². The van der Waals surface area contributed by atoms with E-state index in [1.54, 1.807) is 13.0 Å². The highest BCUT2D eigenvalue weighted by molar-refractivity contribution is 7.20. The van der Waals surface area contributed by atoms with Crippen LogP contribution in [0.15, 0.2) is 24.5 Å². The lowest BCUT2D eigenvalue weighted by Crippen LogP contribution is -2.26. The van der Waals surface area contributed by atoms with Gasteiger partial charge in [-0.05, 0) is 57.2 Å². The molecule has 0 bridgehead atoms. The lowest BCUT2D eigenvalue weighted by atomic mass is 9.95. The van der Waals surface area contributed by atoms with Gasteiger partial charge in [0.1, 0.15) is 33.4 Å². The van der Waals surface area contributed by atoms with E-state index in [1.165, 1.54) is 29.8 Å². The first-order valence-corrected chi connectivity index (χ1v) is 11.1. The second-order valence-corrected chi connectivity index (χ2v) is 8.49. The highest BCUT2D eigenvalue weighted by atomic mass is 32.1. The van der Waals surface area contributed by atoms with Gasteiger partial charge in [0, 0.05) is 6.07 Å². The van der Waals surface area contributed by atoms with Gasteiger partial charge >= 0.3 is 5.97 Å². The molecule has 0 spiro atoms. The molecule has 0 saturated heterocycles. The molecule has 4 rings (SSSR count). The van der Waals surface area contributed by atoms with Gasteiger partial charge in [0.2, 0.25) is 0 Å². The molecule has 9 heteroatoms. The van der Waals surface area contributed by atoms with Crippen LogP contribution in [0.1, 0.15) is 47.8 Å². The molecule has 2 aromatic heterocycles. The minimum Gasteiger partial charge on any atom is -0.488 e. The number of ether oxygens (including phenoxy) is 2. The number of benzene rings is 1. The van der Waals surface area contributed by atoms with Gasteiger partial charge in [-0.25, -0.2) is 19.2 Å². The maximum atomic E-state index is 14.0. The SMILES string of the molecule is CCOC(=O)c1sc2ncnc(Nc3ccc(F)cc3O[C@H]3CC[C@H](O)CC3)c2c1C. The summed E-state index contributed by atoms with van der Waals surface area (Å²) in [4.78, 5) is 22.1. The number of thiophene rings is 1. The van der Waals surface area contributed by atoms with Crippen molar-refractivity contribution in [3.05, 3.63) is 40.8 Å². The number of fused-ring (bicyclic) bond motifs is 1. The summed E-state index contributed by atoms with van der Waals surface area (Å²) in [5, 5.41) is 13.7. The van der Waals surface area contributed by atoms with Gasteiger partial charge in [0.25, 0.3) is 0 Å². The molecule has 7 nitrogen and oxygen atoms in total. The number of nitrogens with zero attached hydrogens (tertiary/aromatic N) is 2. The number of nitrogens with one attached hydrogen (secondary N) is 1. The summed E-state index contributed by atoms with van der Waals surface area (Å²) in [5.41, 5.74) is 1.29. The molecular weight excluding hydrogens is 421 g/mol. The lowest BCUT2D eigenvalue weighted by molar-refractivity contribution is 0.0531. The zero-order chi connectivity index (χ0) is 22.0. The average Bonchev–Trinajstić information content (AvgIpc) is 3.09. The maximum Gasteiger partial charge on any atom is 0.348 e. The van der Waals surface area contributed by atoms with Crippen LogP contribution in [0.2, 0.25) is 0 Å². The van der Waals surface area contributed by atoms with Crippen LogP contribution in [0.5, 0.6) is 5.75 Å². The third-order valence-corrected chi connectivity index (χ3v) is 6.50. The van der Waals surface area contributed by atoms with Gasteiger partial charge in [-0.15, -0.1) is 11.3 Å². The highest BCUT2D eigenvalue weighted by Crippen LogP contribution is 2.37. The minimum atomic E-state index is -0.402. The van der Waals surface area contributed by atoms with Crippen molar-refractivity contribution in [2.45, 2.75) is 51.7 Å². The van der Waals surface area contributed by atoms with Crippen LogP contribution in [-0.4, -0.2) is 39.9 Å². The molecule has 2 N–H and O–H groups in total. The molecular formula is C22H24FN3O4S. The second kappa shape index (κ2) is 9.15. The Labute approximate surface area is 183 Å². The van der Waals surface area contributed by atoms with Crippen molar-refractivity contribution in [3.63, 3.8) is 0 Å². The fraction of sp³-hybridized carbons (Fsp3) is 0.409. The number of rotatable bonds is 6. The molecule has 1 aliphatic carbocycles. The second-order valence-electron chi connectivity index (χ2n) is 7.49. The Kier molecular flexibility index (Phi) is 6.33. The van der Waals surface area contributed by atoms with Crippen molar-refractivity contribution in [3.8, 4) is 5.75 Å². The largest absolute Gasteiger partial charge is 0.488 e. The Hall–Kier alpha value is -2.78. The van der Waals surface area contributed by atoms with Gasteiger partial charge in [0.15, 0.2) is 0 Å². The average molecular weight is 446 g/mol. The molecule has 3 aromatic rings. The molecule has 0 radical (unpaired) electrons. The Morgan fingerprint density at radius 2 is 2.06 bits per heavy atom. The van der Waals surface area contributed by atoms with Crippen molar-refractivity contribution in [1.29, 1.82) is 0 Å². The predicted octanol–water partition coefficient (Wildman–Crippen LogP) is 4.74. The summed E-state index contributed by atoms with van der Waals surface area (Å²) in [6, 6.07) is 4.29. The molecule has 1 aromatic carbocycles. The molecule has 0 atom stereocenters. The molecule has 1 aliphatic rings. The summed E-state index contributed by atoms with van der Waals surface area (Å²) in [5.74, 6) is 0.0938. The normalized spacial score (nSPS) is 18.7. The quantitative estimate of drug-likeness (QED) is 0.529. The number of esters is 1. The van der Waals surface area contributed by atoms with Crippen LogP contribution >= 0.6 is 11.3 Å². The summed E-state index contributed by atoms with van der Waals surface area (Å²) >= 11 is 1.25. The summed E-state index contributed by atoms with van der Waals surface area (Å²) in [7, 11) is 0. The predicted molar refractivity (Wildman–Crippen MR) is 117 cm³/mol. The van der Waals surface area contributed by atoms with Crippen LogP contribution < -0.4 is 10.1 Å². The van der Waals surface area contributed by atoms with Crippen molar-refractivity contribution >= 4 is 39.0 Å². The van der Waals surface area contributed by atoms with E-state index < -0.39 is 5.82 Å². The molecule has 31 heavy (non-hydrogen) atoms. The Morgan fingerprint density at radius 3 is 2.81 bits per heavy atom. The minimum absolute atomic E-state index is 0.0885. The molecule has 2 heterocycles. The van der Waals surface area contributed by atoms with Crippen LogP contribution in [0, 0.1) is 12.7 Å². The van der Waals surface area contributed by atoms with E-state index in [0.717, 1.165) is 5.56 Å². The Bertz CT molecular complexity index is 1100. The number of aliphatic hydroxyl groups is 1.